The smallest absolute Gasteiger partial charge is 0.479 e. The number of carboxylic acids is 1. The average molecular weight is 288 g/mol. The largest absolute Gasteiger partial charge is 1.00 e. The average Bonchev–Trinajstić information content (AvgIpc) is 2.37. The summed E-state index contributed by atoms with van der Waals surface area (Å²) in [5, 5.41) is 11.0. The van der Waals surface area contributed by atoms with Crippen LogP contribution in [0.3, 0.4) is 0 Å². The van der Waals surface area contributed by atoms with E-state index < -0.39 is 23.9 Å². The molecule has 0 aliphatic rings. The van der Waals surface area contributed by atoms with Gasteiger partial charge in [0.25, 0.3) is 0 Å². The topological polar surface area (TPSA) is 92.7 Å². The Kier molecular flexibility index (Phi) is 8.87. The molecule has 1 amide bonds. The Morgan fingerprint density at radius 3 is 2.35 bits per heavy atom. The third-order valence-corrected chi connectivity index (χ3v) is 2.28. The minimum atomic E-state index is -1.67. The molecule has 7 heteroatoms. The number of ether oxygens (including phenoxy) is 1. The molecule has 0 fully saturated rings. The van der Waals surface area contributed by atoms with Gasteiger partial charge in [0.2, 0.25) is 11.9 Å². The van der Waals surface area contributed by atoms with Crippen molar-refractivity contribution in [2.45, 2.75) is 19.4 Å². The molecule has 0 aromatic heterocycles. The van der Waals surface area contributed by atoms with E-state index in [2.05, 4.69) is 10.1 Å². The number of carbonyl (C=O) groups excluding carboxylic acids is 2. The second-order valence-corrected chi connectivity index (χ2v) is 3.75. The molecule has 0 spiro atoms. The monoisotopic (exact) mass is 288 g/mol. The molecule has 0 radical (unpaired) electrons. The fraction of sp³-hybridized carbons (Fsp3) is 0.308. The van der Waals surface area contributed by atoms with Gasteiger partial charge in [-0.25, -0.2) is 9.59 Å². The number of hydrogen-bond donors (Lipinski definition) is 2. The number of carboxylic acid groups (broad SMARTS) is 1. The van der Waals surface area contributed by atoms with Crippen LogP contribution >= 0.6 is 0 Å². The van der Waals surface area contributed by atoms with Crippen molar-refractivity contribution in [1.29, 1.82) is 0 Å². The van der Waals surface area contributed by atoms with Crippen molar-refractivity contribution in [2.75, 3.05) is 6.61 Å². The number of hydrogen-bond acceptors (Lipinski definition) is 4. The summed E-state index contributed by atoms with van der Waals surface area (Å²) in [6.45, 7) is 1.61. The molecular formula is C13H15NNaO5+. The second-order valence-electron chi connectivity index (χ2n) is 3.75. The molecule has 20 heavy (non-hydrogen) atoms. The fourth-order valence-corrected chi connectivity index (χ4v) is 1.44. The van der Waals surface area contributed by atoms with Gasteiger partial charge in [-0.15, -0.1) is 0 Å². The van der Waals surface area contributed by atoms with E-state index >= 15 is 0 Å². The minimum absolute atomic E-state index is 0. The first-order valence-electron chi connectivity index (χ1n) is 5.77. The van der Waals surface area contributed by atoms with E-state index in [1.54, 1.807) is 37.3 Å². The molecule has 0 bridgehead atoms. The maximum atomic E-state index is 11.7. The van der Waals surface area contributed by atoms with Crippen LogP contribution in [-0.2, 0) is 25.5 Å². The SMILES string of the molecule is CCOC(=O)C(NC(=O)Cc1ccccc1)C(=O)O.[Na+]. The third kappa shape index (κ3) is 6.18. The van der Waals surface area contributed by atoms with Gasteiger partial charge < -0.3 is 15.2 Å². The molecule has 0 saturated heterocycles. The Balaban J connectivity index is 0.00000361. The Morgan fingerprint density at radius 2 is 1.85 bits per heavy atom. The number of nitrogens with one attached hydrogen (secondary N) is 1. The molecule has 102 valence electrons. The molecule has 1 aromatic carbocycles. The van der Waals surface area contributed by atoms with Gasteiger partial charge in [-0.1, -0.05) is 30.3 Å². The van der Waals surface area contributed by atoms with Crippen LogP contribution in [-0.4, -0.2) is 35.6 Å². The Labute approximate surface area is 138 Å². The van der Waals surface area contributed by atoms with Crippen LogP contribution in [0.2, 0.25) is 0 Å². The van der Waals surface area contributed by atoms with Gasteiger partial charge >= 0.3 is 41.5 Å². The Bertz CT molecular complexity index is 463. The second kappa shape index (κ2) is 9.52. The van der Waals surface area contributed by atoms with Crippen LogP contribution in [0.4, 0.5) is 0 Å². The minimum Gasteiger partial charge on any atom is -0.479 e. The number of amides is 1. The van der Waals surface area contributed by atoms with E-state index in [1.807, 2.05) is 0 Å². The number of aliphatic carboxylic acids is 1. The van der Waals surface area contributed by atoms with Crippen molar-refractivity contribution in [3.05, 3.63) is 35.9 Å². The molecule has 1 rings (SSSR count). The van der Waals surface area contributed by atoms with Crippen LogP contribution in [0.1, 0.15) is 12.5 Å². The first-order valence-corrected chi connectivity index (χ1v) is 5.77. The molecule has 1 unspecified atom stereocenters. The normalized spacial score (nSPS) is 10.8. The van der Waals surface area contributed by atoms with E-state index in [-0.39, 0.29) is 42.6 Å². The molecule has 0 saturated carbocycles. The van der Waals surface area contributed by atoms with Crippen molar-refractivity contribution >= 4 is 17.8 Å². The summed E-state index contributed by atoms with van der Waals surface area (Å²) in [4.78, 5) is 33.9. The summed E-state index contributed by atoms with van der Waals surface area (Å²) in [5.74, 6) is -2.97. The van der Waals surface area contributed by atoms with Crippen LogP contribution < -0.4 is 34.9 Å². The van der Waals surface area contributed by atoms with Crippen LogP contribution in [0.15, 0.2) is 30.3 Å². The maximum absolute atomic E-state index is 11.7. The summed E-state index contributed by atoms with van der Waals surface area (Å²) in [6, 6.07) is 7.14. The summed E-state index contributed by atoms with van der Waals surface area (Å²) in [6.07, 6.45) is 0.00399. The van der Waals surface area contributed by atoms with Crippen LogP contribution in [0.25, 0.3) is 0 Å². The summed E-state index contributed by atoms with van der Waals surface area (Å²) in [7, 11) is 0. The van der Waals surface area contributed by atoms with Crippen molar-refractivity contribution in [1.82, 2.24) is 5.32 Å². The Hall–Kier alpha value is -1.37. The Morgan fingerprint density at radius 1 is 1.25 bits per heavy atom. The zero-order chi connectivity index (χ0) is 14.3. The van der Waals surface area contributed by atoms with Gasteiger partial charge in [-0.2, -0.15) is 0 Å². The van der Waals surface area contributed by atoms with E-state index in [9.17, 15) is 14.4 Å². The predicted molar refractivity (Wildman–Crippen MR) is 66.3 cm³/mol. The first kappa shape index (κ1) is 18.6. The van der Waals surface area contributed by atoms with Crippen molar-refractivity contribution in [3.8, 4) is 0 Å². The standard InChI is InChI=1S/C13H15NO5.Na/c1-2-19-13(18)11(12(16)17)14-10(15)8-9-6-4-3-5-7-9;/h3-7,11H,2,8H2,1H3,(H,14,15)(H,16,17);/q;+1. The molecule has 6 nitrogen and oxygen atoms in total. The summed E-state index contributed by atoms with van der Waals surface area (Å²) in [5.41, 5.74) is 0.730. The van der Waals surface area contributed by atoms with Crippen LogP contribution in [0.5, 0.6) is 0 Å². The van der Waals surface area contributed by atoms with Crippen LogP contribution in [0, 0.1) is 0 Å². The molecule has 1 aromatic rings. The van der Waals surface area contributed by atoms with Gasteiger partial charge in [0, 0.05) is 0 Å². The zero-order valence-electron chi connectivity index (χ0n) is 11.5. The summed E-state index contributed by atoms with van der Waals surface area (Å²) < 4.78 is 4.58. The van der Waals surface area contributed by atoms with E-state index in [0.29, 0.717) is 0 Å². The van der Waals surface area contributed by atoms with Gasteiger partial charge in [-0.3, -0.25) is 4.79 Å². The molecule has 1 atom stereocenters. The molecule has 0 aliphatic heterocycles. The van der Waals surface area contributed by atoms with Gasteiger partial charge in [-0.05, 0) is 12.5 Å². The van der Waals surface area contributed by atoms with Crippen molar-refractivity contribution < 1.29 is 53.8 Å². The first-order chi connectivity index (χ1) is 9.04. The van der Waals surface area contributed by atoms with Crippen molar-refractivity contribution in [2.24, 2.45) is 0 Å². The molecular weight excluding hydrogens is 273 g/mol. The number of esters is 1. The fourth-order valence-electron chi connectivity index (χ4n) is 1.44. The molecule has 2 N–H and O–H groups in total. The number of benzene rings is 1. The number of carbonyl (C=O) groups is 3. The van der Waals surface area contributed by atoms with E-state index in [0.717, 1.165) is 5.56 Å². The van der Waals surface area contributed by atoms with Gasteiger partial charge in [0.05, 0.1) is 13.0 Å². The third-order valence-electron chi connectivity index (χ3n) is 2.28. The van der Waals surface area contributed by atoms with Gasteiger partial charge in [0.1, 0.15) is 0 Å². The molecule has 0 heterocycles. The maximum Gasteiger partial charge on any atom is 1.00 e. The number of rotatable bonds is 6. The zero-order valence-corrected chi connectivity index (χ0v) is 13.5. The van der Waals surface area contributed by atoms with Gasteiger partial charge in [0.15, 0.2) is 0 Å². The van der Waals surface area contributed by atoms with Crippen molar-refractivity contribution in [3.63, 3.8) is 0 Å². The van der Waals surface area contributed by atoms with E-state index in [4.69, 9.17) is 5.11 Å². The predicted octanol–water partition coefficient (Wildman–Crippen LogP) is -2.63. The quantitative estimate of drug-likeness (QED) is 0.339. The summed E-state index contributed by atoms with van der Waals surface area (Å²) >= 11 is 0. The molecule has 0 aliphatic carbocycles. The van der Waals surface area contributed by atoms with E-state index in [1.165, 1.54) is 0 Å².